The molecular formula is C10H15NO. The van der Waals surface area contributed by atoms with Crippen molar-refractivity contribution in [1.82, 2.24) is 0 Å². The van der Waals surface area contributed by atoms with Gasteiger partial charge in [0.2, 0.25) is 0 Å². The highest BCUT2D eigenvalue weighted by Gasteiger charge is 2.09. The zero-order valence-electron chi connectivity index (χ0n) is 7.49. The monoisotopic (exact) mass is 165 g/mol. The maximum atomic E-state index is 9.42. The molecule has 0 rings (SSSR count). The van der Waals surface area contributed by atoms with E-state index in [1.54, 1.807) is 25.2 Å². The fourth-order valence-corrected chi connectivity index (χ4v) is 0.769. The minimum atomic E-state index is -0.590. The predicted molar refractivity (Wildman–Crippen MR) is 51.4 cm³/mol. The second-order valence-electron chi connectivity index (χ2n) is 2.74. The maximum absolute atomic E-state index is 9.42. The molecule has 0 saturated carbocycles. The first-order chi connectivity index (χ1) is 5.59. The van der Waals surface area contributed by atoms with Crippen molar-refractivity contribution in [3.05, 3.63) is 23.8 Å². The molecule has 3 N–H and O–H groups in total. The molecule has 0 aromatic heterocycles. The maximum Gasteiger partial charge on any atom is 0.0898 e. The van der Waals surface area contributed by atoms with E-state index in [2.05, 4.69) is 5.92 Å². The van der Waals surface area contributed by atoms with Gasteiger partial charge < -0.3 is 10.8 Å². The zero-order chi connectivity index (χ0) is 9.56. The molecule has 66 valence electrons. The Morgan fingerprint density at radius 2 is 2.25 bits per heavy atom. The van der Waals surface area contributed by atoms with Crippen molar-refractivity contribution >= 4 is 0 Å². The summed E-state index contributed by atoms with van der Waals surface area (Å²) in [5.41, 5.74) is 6.30. The first-order valence-corrected chi connectivity index (χ1v) is 3.82. The lowest BCUT2D eigenvalue weighted by molar-refractivity contribution is 0.186. The van der Waals surface area contributed by atoms with E-state index >= 15 is 0 Å². The lowest BCUT2D eigenvalue weighted by Crippen LogP contribution is -2.32. The van der Waals surface area contributed by atoms with Gasteiger partial charge in [-0.05, 0) is 25.5 Å². The fourth-order valence-electron chi connectivity index (χ4n) is 0.769. The highest BCUT2D eigenvalue weighted by molar-refractivity contribution is 5.21. The molecule has 0 fully saturated rings. The molecule has 2 unspecified atom stereocenters. The third-order valence-corrected chi connectivity index (χ3v) is 1.52. The molecule has 12 heavy (non-hydrogen) atoms. The van der Waals surface area contributed by atoms with Crippen LogP contribution >= 0.6 is 0 Å². The quantitative estimate of drug-likeness (QED) is 0.480. The Hall–Kier alpha value is -1.04. The van der Waals surface area contributed by atoms with Crippen molar-refractivity contribution < 1.29 is 5.11 Å². The number of hydrogen-bond donors (Lipinski definition) is 2. The van der Waals surface area contributed by atoms with E-state index in [1.165, 1.54) is 0 Å². The van der Waals surface area contributed by atoms with Crippen LogP contribution in [0.4, 0.5) is 0 Å². The van der Waals surface area contributed by atoms with Crippen LogP contribution in [0.25, 0.3) is 0 Å². The summed E-state index contributed by atoms with van der Waals surface area (Å²) < 4.78 is 0. The Balaban J connectivity index is 4.19. The molecule has 0 spiro atoms. The minimum Gasteiger partial charge on any atom is -0.387 e. The smallest absolute Gasteiger partial charge is 0.0898 e. The van der Waals surface area contributed by atoms with E-state index in [0.717, 1.165) is 5.57 Å². The van der Waals surface area contributed by atoms with Crippen molar-refractivity contribution in [3.63, 3.8) is 0 Å². The van der Waals surface area contributed by atoms with Crippen LogP contribution in [0.3, 0.4) is 0 Å². The molecule has 0 aliphatic rings. The van der Waals surface area contributed by atoms with Crippen molar-refractivity contribution in [3.8, 4) is 12.3 Å². The van der Waals surface area contributed by atoms with Gasteiger partial charge in [0.1, 0.15) is 0 Å². The van der Waals surface area contributed by atoms with Gasteiger partial charge in [-0.3, -0.25) is 0 Å². The number of allylic oxidation sites excluding steroid dienone is 3. The van der Waals surface area contributed by atoms with Crippen molar-refractivity contribution in [2.75, 3.05) is 0 Å². The lowest BCUT2D eigenvalue weighted by atomic mass is 10.1. The first kappa shape index (κ1) is 11.0. The number of nitrogens with two attached hydrogens (primary N) is 1. The predicted octanol–water partition coefficient (Wildman–Crippen LogP) is 0.830. The van der Waals surface area contributed by atoms with Crippen LogP contribution < -0.4 is 5.73 Å². The number of aliphatic hydroxyl groups excluding tert-OH is 1. The molecule has 0 aliphatic carbocycles. The van der Waals surface area contributed by atoms with Crippen molar-refractivity contribution in [2.24, 2.45) is 5.73 Å². The van der Waals surface area contributed by atoms with Crippen molar-refractivity contribution in [1.29, 1.82) is 0 Å². The van der Waals surface area contributed by atoms with Crippen LogP contribution in [0.2, 0.25) is 0 Å². The van der Waals surface area contributed by atoms with E-state index in [4.69, 9.17) is 12.2 Å². The van der Waals surface area contributed by atoms with E-state index in [1.807, 2.05) is 6.92 Å². The van der Waals surface area contributed by atoms with Gasteiger partial charge in [0.25, 0.3) is 0 Å². The summed E-state index contributed by atoms with van der Waals surface area (Å²) in [6.07, 6.45) is 9.44. The SMILES string of the molecule is C#C/C=C\C=C(/C)C(O)C(C)N. The van der Waals surface area contributed by atoms with Crippen LogP contribution in [-0.2, 0) is 0 Å². The summed E-state index contributed by atoms with van der Waals surface area (Å²) in [5, 5.41) is 9.42. The Bertz CT molecular complexity index is 220. The van der Waals surface area contributed by atoms with Gasteiger partial charge in [-0.15, -0.1) is 6.42 Å². The first-order valence-electron chi connectivity index (χ1n) is 3.82. The van der Waals surface area contributed by atoms with Gasteiger partial charge in [0.15, 0.2) is 0 Å². The van der Waals surface area contributed by atoms with Crippen LogP contribution in [0.1, 0.15) is 13.8 Å². The summed E-state index contributed by atoms with van der Waals surface area (Å²) in [5.74, 6) is 2.35. The molecule has 0 heterocycles. The molecular weight excluding hydrogens is 150 g/mol. The van der Waals surface area contributed by atoms with Gasteiger partial charge >= 0.3 is 0 Å². The summed E-state index contributed by atoms with van der Waals surface area (Å²) in [6.45, 7) is 3.57. The summed E-state index contributed by atoms with van der Waals surface area (Å²) >= 11 is 0. The zero-order valence-corrected chi connectivity index (χ0v) is 7.49. The molecule has 0 amide bonds. The van der Waals surface area contributed by atoms with Gasteiger partial charge in [0, 0.05) is 6.04 Å². The number of rotatable bonds is 3. The molecule has 0 bridgehead atoms. The van der Waals surface area contributed by atoms with E-state index in [-0.39, 0.29) is 6.04 Å². The Morgan fingerprint density at radius 1 is 1.67 bits per heavy atom. The molecule has 0 aliphatic heterocycles. The van der Waals surface area contributed by atoms with E-state index < -0.39 is 6.10 Å². The number of hydrogen-bond acceptors (Lipinski definition) is 2. The third-order valence-electron chi connectivity index (χ3n) is 1.52. The van der Waals surface area contributed by atoms with Crippen LogP contribution in [0, 0.1) is 12.3 Å². The summed E-state index contributed by atoms with van der Waals surface area (Å²) in [7, 11) is 0. The Labute approximate surface area is 73.8 Å². The normalized spacial score (nSPS) is 17.4. The van der Waals surface area contributed by atoms with Gasteiger partial charge in [-0.2, -0.15) is 0 Å². The van der Waals surface area contributed by atoms with E-state index in [0.29, 0.717) is 0 Å². The lowest BCUT2D eigenvalue weighted by Gasteiger charge is -2.14. The van der Waals surface area contributed by atoms with E-state index in [9.17, 15) is 5.11 Å². The van der Waals surface area contributed by atoms with Gasteiger partial charge in [-0.1, -0.05) is 18.1 Å². The summed E-state index contributed by atoms with van der Waals surface area (Å²) in [6, 6.07) is -0.250. The molecule has 2 heteroatoms. The highest BCUT2D eigenvalue weighted by Crippen LogP contribution is 2.03. The molecule has 0 aromatic rings. The second kappa shape index (κ2) is 5.59. The number of aliphatic hydroxyl groups is 1. The average Bonchev–Trinajstić information content (AvgIpc) is 2.03. The second-order valence-corrected chi connectivity index (χ2v) is 2.74. The number of terminal acetylenes is 1. The molecule has 0 radical (unpaired) electrons. The molecule has 0 aromatic carbocycles. The largest absolute Gasteiger partial charge is 0.387 e. The Morgan fingerprint density at radius 3 is 2.67 bits per heavy atom. The van der Waals surface area contributed by atoms with Crippen LogP contribution in [0.5, 0.6) is 0 Å². The summed E-state index contributed by atoms with van der Waals surface area (Å²) in [4.78, 5) is 0. The molecule has 2 atom stereocenters. The fraction of sp³-hybridized carbons (Fsp3) is 0.400. The van der Waals surface area contributed by atoms with Crippen molar-refractivity contribution in [2.45, 2.75) is 26.0 Å². The van der Waals surface area contributed by atoms with Crippen LogP contribution in [0.15, 0.2) is 23.8 Å². The molecule has 0 saturated heterocycles. The highest BCUT2D eigenvalue weighted by atomic mass is 16.3. The third kappa shape index (κ3) is 3.97. The molecule has 2 nitrogen and oxygen atoms in total. The minimum absolute atomic E-state index is 0.250. The van der Waals surface area contributed by atoms with Gasteiger partial charge in [-0.25, -0.2) is 0 Å². The van der Waals surface area contributed by atoms with Crippen LogP contribution in [-0.4, -0.2) is 17.3 Å². The topological polar surface area (TPSA) is 46.2 Å². The van der Waals surface area contributed by atoms with Gasteiger partial charge in [0.05, 0.1) is 6.10 Å². The standard InChI is InChI=1S/C10H15NO/c1-4-5-6-7-8(2)10(12)9(3)11/h1,5-7,9-10,12H,11H2,2-3H3/b6-5-,8-7+. The Kier molecular flexibility index (Phi) is 5.11. The average molecular weight is 165 g/mol.